The van der Waals surface area contributed by atoms with Gasteiger partial charge in [-0.1, -0.05) is 61.0 Å². The molecule has 28 heavy (non-hydrogen) atoms. The van der Waals surface area contributed by atoms with Crippen molar-refractivity contribution in [3.63, 3.8) is 0 Å². The summed E-state index contributed by atoms with van der Waals surface area (Å²) in [6.45, 7) is 6.51. The minimum Gasteiger partial charge on any atom is -0.284 e. The highest BCUT2D eigenvalue weighted by molar-refractivity contribution is 8.15. The number of nitrogens with zero attached hydrogens (tertiary/aromatic N) is 3. The third-order valence-electron chi connectivity index (χ3n) is 4.59. The largest absolute Gasteiger partial charge is 0.284 e. The van der Waals surface area contributed by atoms with E-state index in [1.54, 1.807) is 23.2 Å². The second kappa shape index (κ2) is 9.15. The molecule has 0 aromatic heterocycles. The summed E-state index contributed by atoms with van der Waals surface area (Å²) in [5.41, 5.74) is 4.19. The van der Waals surface area contributed by atoms with Gasteiger partial charge in [0.1, 0.15) is 5.82 Å². The maximum atomic E-state index is 13.2. The Hall–Kier alpha value is -2.47. The van der Waals surface area contributed by atoms with Crippen molar-refractivity contribution >= 4 is 29.1 Å². The van der Waals surface area contributed by atoms with Crippen LogP contribution in [-0.4, -0.2) is 27.4 Å². The van der Waals surface area contributed by atoms with Crippen molar-refractivity contribution in [1.29, 1.82) is 0 Å². The summed E-state index contributed by atoms with van der Waals surface area (Å²) in [5, 5.41) is 9.03. The predicted octanol–water partition coefficient (Wildman–Crippen LogP) is 5.08. The number of benzene rings is 2. The summed E-state index contributed by atoms with van der Waals surface area (Å²) in [5.74, 6) is -0.252. The Morgan fingerprint density at radius 1 is 1.18 bits per heavy atom. The highest BCUT2D eigenvalue weighted by Crippen LogP contribution is 2.31. The fraction of sp³-hybridized carbons (Fsp3) is 0.318. The average Bonchev–Trinajstić information content (AvgIpc) is 2.95. The second-order valence-electron chi connectivity index (χ2n) is 6.93. The molecular formula is C22H24FN3OS. The van der Waals surface area contributed by atoms with Gasteiger partial charge in [-0.15, -0.1) is 5.10 Å². The normalized spacial score (nSPS) is 18.6. The molecule has 1 unspecified atom stereocenters. The van der Waals surface area contributed by atoms with E-state index in [1.807, 2.05) is 19.1 Å². The molecule has 0 spiro atoms. The van der Waals surface area contributed by atoms with Gasteiger partial charge >= 0.3 is 0 Å². The van der Waals surface area contributed by atoms with Gasteiger partial charge in [-0.2, -0.15) is 5.10 Å². The molecule has 3 rings (SSSR count). The molecule has 0 saturated carbocycles. The summed E-state index contributed by atoms with van der Waals surface area (Å²) in [7, 11) is 0. The van der Waals surface area contributed by atoms with Gasteiger partial charge in [0.2, 0.25) is 5.91 Å². The lowest BCUT2D eigenvalue weighted by atomic mass is 10.1. The van der Waals surface area contributed by atoms with Crippen molar-refractivity contribution in [2.75, 3.05) is 0 Å². The van der Waals surface area contributed by atoms with Crippen molar-refractivity contribution < 1.29 is 9.18 Å². The zero-order valence-corrected chi connectivity index (χ0v) is 17.2. The first-order chi connectivity index (χ1) is 13.5. The Labute approximate surface area is 169 Å². The van der Waals surface area contributed by atoms with Gasteiger partial charge in [-0.3, -0.25) is 9.69 Å². The van der Waals surface area contributed by atoms with Crippen LogP contribution in [0, 0.1) is 19.7 Å². The van der Waals surface area contributed by atoms with Crippen LogP contribution < -0.4 is 0 Å². The van der Waals surface area contributed by atoms with E-state index < -0.39 is 0 Å². The average molecular weight is 398 g/mol. The summed E-state index contributed by atoms with van der Waals surface area (Å²) in [6, 6.07) is 12.3. The number of aryl methyl sites for hydroxylation is 2. The SMILES string of the molecule is CCCC1S/C(=N/N=C/c2ccc(C)cc2C)N(Cc2ccc(F)cc2)C1=O. The van der Waals surface area contributed by atoms with Crippen LogP contribution in [0.15, 0.2) is 52.7 Å². The lowest BCUT2D eigenvalue weighted by molar-refractivity contribution is -0.126. The minimum absolute atomic E-state index is 0.0386. The van der Waals surface area contributed by atoms with Gasteiger partial charge in [0.15, 0.2) is 5.17 Å². The molecule has 1 heterocycles. The number of halogens is 1. The Bertz CT molecular complexity index is 908. The number of hydrogen-bond acceptors (Lipinski definition) is 4. The molecule has 1 fully saturated rings. The van der Waals surface area contributed by atoms with E-state index in [9.17, 15) is 9.18 Å². The van der Waals surface area contributed by atoms with E-state index >= 15 is 0 Å². The molecule has 6 heteroatoms. The zero-order valence-electron chi connectivity index (χ0n) is 16.4. The summed E-state index contributed by atoms with van der Waals surface area (Å²) in [6.07, 6.45) is 3.44. The lowest BCUT2D eigenvalue weighted by Crippen LogP contribution is -2.31. The third-order valence-corrected chi connectivity index (χ3v) is 5.82. The Morgan fingerprint density at radius 3 is 2.61 bits per heavy atom. The number of hydrogen-bond donors (Lipinski definition) is 0. The van der Waals surface area contributed by atoms with E-state index in [4.69, 9.17) is 0 Å². The maximum Gasteiger partial charge on any atom is 0.242 e. The molecule has 0 radical (unpaired) electrons. The maximum absolute atomic E-state index is 13.2. The van der Waals surface area contributed by atoms with Crippen molar-refractivity contribution in [2.45, 2.75) is 45.4 Å². The summed E-state index contributed by atoms with van der Waals surface area (Å²) < 4.78 is 13.2. The number of thioether (sulfide) groups is 1. The van der Waals surface area contributed by atoms with E-state index in [-0.39, 0.29) is 17.0 Å². The van der Waals surface area contributed by atoms with Gasteiger partial charge < -0.3 is 0 Å². The lowest BCUT2D eigenvalue weighted by Gasteiger charge is -2.15. The highest BCUT2D eigenvalue weighted by Gasteiger charge is 2.37. The molecular weight excluding hydrogens is 373 g/mol. The molecule has 0 N–H and O–H groups in total. The van der Waals surface area contributed by atoms with Gasteiger partial charge in [-0.25, -0.2) is 4.39 Å². The van der Waals surface area contributed by atoms with Crippen LogP contribution in [0.5, 0.6) is 0 Å². The second-order valence-corrected chi connectivity index (χ2v) is 8.10. The van der Waals surface area contributed by atoms with Gasteiger partial charge in [-0.05, 0) is 49.1 Å². The highest BCUT2D eigenvalue weighted by atomic mass is 32.2. The fourth-order valence-electron chi connectivity index (χ4n) is 3.06. The molecule has 0 aliphatic carbocycles. The standard InChI is InChI=1S/C22H24FN3OS/c1-4-5-20-21(27)26(14-17-7-10-19(23)11-8-17)22(28-20)25-24-13-18-9-6-15(2)12-16(18)3/h6-13,20H,4-5,14H2,1-3H3/b24-13+,25-22+. The number of carbonyl (C=O) groups is 1. The first kappa shape index (κ1) is 20.3. The molecule has 1 aliphatic rings. The van der Waals surface area contributed by atoms with E-state index in [2.05, 4.69) is 30.1 Å². The third kappa shape index (κ3) is 4.87. The first-order valence-electron chi connectivity index (χ1n) is 9.38. The van der Waals surface area contributed by atoms with Crippen LogP contribution in [0.4, 0.5) is 4.39 Å². The monoisotopic (exact) mass is 397 g/mol. The Balaban J connectivity index is 1.82. The molecule has 4 nitrogen and oxygen atoms in total. The molecule has 146 valence electrons. The zero-order chi connectivity index (χ0) is 20.1. The topological polar surface area (TPSA) is 45.0 Å². The van der Waals surface area contributed by atoms with E-state index in [0.29, 0.717) is 11.7 Å². The van der Waals surface area contributed by atoms with Crippen LogP contribution >= 0.6 is 11.8 Å². The minimum atomic E-state index is -0.290. The van der Waals surface area contributed by atoms with Crippen LogP contribution in [0.2, 0.25) is 0 Å². The van der Waals surface area contributed by atoms with E-state index in [0.717, 1.165) is 29.5 Å². The molecule has 1 atom stereocenters. The molecule has 2 aromatic carbocycles. The fourth-order valence-corrected chi connectivity index (χ4v) is 4.27. The smallest absolute Gasteiger partial charge is 0.242 e. The van der Waals surface area contributed by atoms with Crippen LogP contribution in [-0.2, 0) is 11.3 Å². The van der Waals surface area contributed by atoms with Crippen LogP contribution in [0.25, 0.3) is 0 Å². The molecule has 1 aliphatic heterocycles. The van der Waals surface area contributed by atoms with Crippen molar-refractivity contribution in [1.82, 2.24) is 4.90 Å². The Kier molecular flexibility index (Phi) is 6.62. The molecule has 2 aromatic rings. The van der Waals surface area contributed by atoms with Crippen LogP contribution in [0.1, 0.15) is 42.0 Å². The predicted molar refractivity (Wildman–Crippen MR) is 114 cm³/mol. The van der Waals surface area contributed by atoms with Crippen molar-refractivity contribution in [3.05, 3.63) is 70.5 Å². The van der Waals surface area contributed by atoms with Gasteiger partial charge in [0.05, 0.1) is 18.0 Å². The first-order valence-corrected chi connectivity index (χ1v) is 10.3. The quantitative estimate of drug-likeness (QED) is 0.504. The van der Waals surface area contributed by atoms with Crippen molar-refractivity contribution in [2.24, 2.45) is 10.2 Å². The molecule has 1 saturated heterocycles. The number of amidine groups is 1. The van der Waals surface area contributed by atoms with Crippen LogP contribution in [0.3, 0.4) is 0 Å². The number of carbonyl (C=O) groups excluding carboxylic acids is 1. The number of amides is 1. The Morgan fingerprint density at radius 2 is 1.93 bits per heavy atom. The number of rotatable bonds is 6. The molecule has 0 bridgehead atoms. The molecule has 1 amide bonds. The van der Waals surface area contributed by atoms with Gasteiger partial charge in [0.25, 0.3) is 0 Å². The summed E-state index contributed by atoms with van der Waals surface area (Å²) in [4.78, 5) is 14.5. The van der Waals surface area contributed by atoms with Crippen molar-refractivity contribution in [3.8, 4) is 0 Å². The van der Waals surface area contributed by atoms with Gasteiger partial charge in [0, 0.05) is 0 Å². The van der Waals surface area contributed by atoms with E-state index in [1.165, 1.54) is 29.5 Å². The summed E-state index contributed by atoms with van der Waals surface area (Å²) >= 11 is 1.45.